The maximum Gasteiger partial charge on any atom is 0.329 e. The van der Waals surface area contributed by atoms with Crippen LogP contribution >= 0.6 is 0 Å². The minimum Gasteiger partial charge on any atom is -0.458 e. The SMILES string of the molecule is Cc1ccc(NC(=O)C(=O)NCc2ccc(/C=N/NC(=O)C(=O)N[C@@H](C)c3ccccc3)o2)cc1C. The zero-order chi connectivity index (χ0) is 26.1. The summed E-state index contributed by atoms with van der Waals surface area (Å²) < 4.78 is 5.48. The number of nitrogens with zero attached hydrogens (tertiary/aromatic N) is 1. The van der Waals surface area contributed by atoms with Crippen molar-refractivity contribution in [1.29, 1.82) is 0 Å². The molecule has 0 unspecified atom stereocenters. The molecule has 36 heavy (non-hydrogen) atoms. The van der Waals surface area contributed by atoms with Crippen LogP contribution in [0.5, 0.6) is 0 Å². The van der Waals surface area contributed by atoms with E-state index in [0.717, 1.165) is 16.7 Å². The Bertz CT molecular complexity index is 1280. The van der Waals surface area contributed by atoms with E-state index in [1.54, 1.807) is 31.2 Å². The van der Waals surface area contributed by atoms with Gasteiger partial charge in [0.05, 0.1) is 18.8 Å². The molecule has 0 fully saturated rings. The average molecular weight is 490 g/mol. The van der Waals surface area contributed by atoms with E-state index >= 15 is 0 Å². The number of hydrogen-bond donors (Lipinski definition) is 4. The monoisotopic (exact) mass is 489 g/mol. The van der Waals surface area contributed by atoms with Crippen molar-refractivity contribution in [3.63, 3.8) is 0 Å². The first kappa shape index (κ1) is 25.9. The van der Waals surface area contributed by atoms with Gasteiger partial charge in [-0.25, -0.2) is 5.43 Å². The van der Waals surface area contributed by atoms with E-state index in [1.807, 2.05) is 50.2 Å². The highest BCUT2D eigenvalue weighted by Gasteiger charge is 2.17. The molecule has 0 aliphatic carbocycles. The van der Waals surface area contributed by atoms with Gasteiger partial charge in [0.15, 0.2) is 0 Å². The van der Waals surface area contributed by atoms with Crippen LogP contribution in [0.4, 0.5) is 5.69 Å². The highest BCUT2D eigenvalue weighted by Crippen LogP contribution is 2.14. The van der Waals surface area contributed by atoms with Gasteiger partial charge in [0.25, 0.3) is 0 Å². The Hall–Kier alpha value is -4.73. The summed E-state index contributed by atoms with van der Waals surface area (Å²) in [7, 11) is 0. The summed E-state index contributed by atoms with van der Waals surface area (Å²) in [4.78, 5) is 48.2. The summed E-state index contributed by atoms with van der Waals surface area (Å²) >= 11 is 0. The van der Waals surface area contributed by atoms with Gasteiger partial charge in [0.1, 0.15) is 11.5 Å². The molecule has 0 radical (unpaired) electrons. The third-order valence-corrected chi connectivity index (χ3v) is 5.29. The van der Waals surface area contributed by atoms with E-state index < -0.39 is 23.6 Å². The van der Waals surface area contributed by atoms with Gasteiger partial charge in [-0.15, -0.1) is 0 Å². The van der Waals surface area contributed by atoms with Crippen molar-refractivity contribution in [3.05, 3.63) is 88.9 Å². The number of amides is 4. The van der Waals surface area contributed by atoms with Crippen molar-refractivity contribution in [2.75, 3.05) is 5.32 Å². The van der Waals surface area contributed by atoms with E-state index in [4.69, 9.17) is 4.42 Å². The quantitative estimate of drug-likeness (QED) is 0.229. The first-order valence-corrected chi connectivity index (χ1v) is 11.2. The number of carbonyl (C=O) groups is 4. The number of hydrogen-bond acceptors (Lipinski definition) is 6. The molecule has 4 N–H and O–H groups in total. The van der Waals surface area contributed by atoms with Crippen LogP contribution in [0.2, 0.25) is 0 Å². The number of benzene rings is 2. The first-order valence-electron chi connectivity index (χ1n) is 11.2. The normalized spacial score (nSPS) is 11.5. The van der Waals surface area contributed by atoms with Crippen LogP contribution in [0, 0.1) is 13.8 Å². The van der Waals surface area contributed by atoms with Crippen LogP contribution in [0.15, 0.2) is 70.2 Å². The molecule has 0 aliphatic heterocycles. The molecule has 3 aromatic rings. The lowest BCUT2D eigenvalue weighted by Crippen LogP contribution is -2.39. The van der Waals surface area contributed by atoms with Crippen LogP contribution in [0.1, 0.15) is 41.2 Å². The largest absolute Gasteiger partial charge is 0.458 e. The smallest absolute Gasteiger partial charge is 0.329 e. The standard InChI is InChI=1S/C26H27N5O5/c1-16-9-10-20(13-17(16)2)30-24(33)23(32)27-14-21-11-12-22(36-21)15-28-31-26(35)25(34)29-18(3)19-7-5-4-6-8-19/h4-13,15,18H,14H2,1-3H3,(H,27,32)(H,29,34)(H,30,33)(H,31,35)/b28-15+/t18-/m0/s1. The molecule has 0 spiro atoms. The number of nitrogens with one attached hydrogen (secondary N) is 4. The minimum absolute atomic E-state index is 0.0286. The number of hydrazone groups is 1. The van der Waals surface area contributed by atoms with Gasteiger partial charge in [-0.1, -0.05) is 36.4 Å². The molecule has 3 rings (SSSR count). The zero-order valence-corrected chi connectivity index (χ0v) is 20.1. The van der Waals surface area contributed by atoms with Gasteiger partial charge < -0.3 is 20.4 Å². The van der Waals surface area contributed by atoms with Crippen molar-refractivity contribution in [2.45, 2.75) is 33.4 Å². The summed E-state index contributed by atoms with van der Waals surface area (Å²) in [5.74, 6) is -2.73. The van der Waals surface area contributed by atoms with Crippen molar-refractivity contribution in [1.82, 2.24) is 16.1 Å². The van der Waals surface area contributed by atoms with Gasteiger partial charge in [-0.05, 0) is 61.7 Å². The number of aryl methyl sites for hydroxylation is 2. The van der Waals surface area contributed by atoms with Crippen molar-refractivity contribution < 1.29 is 23.6 Å². The number of rotatable bonds is 7. The third-order valence-electron chi connectivity index (χ3n) is 5.29. The lowest BCUT2D eigenvalue weighted by atomic mass is 10.1. The first-order chi connectivity index (χ1) is 17.2. The molecule has 1 atom stereocenters. The van der Waals surface area contributed by atoms with Crippen LogP contribution in [0.3, 0.4) is 0 Å². The van der Waals surface area contributed by atoms with Gasteiger partial charge in [-0.3, -0.25) is 19.2 Å². The summed E-state index contributed by atoms with van der Waals surface area (Å²) in [5.41, 5.74) is 5.59. The second-order valence-electron chi connectivity index (χ2n) is 8.04. The van der Waals surface area contributed by atoms with Gasteiger partial charge in [-0.2, -0.15) is 5.10 Å². The molecule has 0 aliphatic rings. The molecule has 4 amide bonds. The molecule has 0 saturated carbocycles. The summed E-state index contributed by atoms with van der Waals surface area (Å²) in [6.07, 6.45) is 1.21. The predicted molar refractivity (Wildman–Crippen MR) is 134 cm³/mol. The van der Waals surface area contributed by atoms with Crippen molar-refractivity contribution in [3.8, 4) is 0 Å². The maximum atomic E-state index is 12.1. The zero-order valence-electron chi connectivity index (χ0n) is 20.1. The van der Waals surface area contributed by atoms with Crippen LogP contribution in [-0.2, 0) is 25.7 Å². The van der Waals surface area contributed by atoms with E-state index in [-0.39, 0.29) is 18.3 Å². The Labute approximate surface area is 208 Å². The van der Waals surface area contributed by atoms with Crippen molar-refractivity contribution >= 4 is 35.5 Å². The Balaban J connectivity index is 1.42. The maximum absolute atomic E-state index is 12.1. The Kier molecular flexibility index (Phi) is 8.71. The van der Waals surface area contributed by atoms with Gasteiger partial charge in [0, 0.05) is 5.69 Å². The summed E-state index contributed by atoms with van der Waals surface area (Å²) in [5, 5.41) is 11.3. The average Bonchev–Trinajstić information content (AvgIpc) is 3.32. The molecular formula is C26H27N5O5. The Morgan fingerprint density at radius 2 is 1.64 bits per heavy atom. The number of carbonyl (C=O) groups excluding carboxylic acids is 4. The minimum atomic E-state index is -0.928. The molecule has 0 bridgehead atoms. The van der Waals surface area contributed by atoms with E-state index in [2.05, 4.69) is 26.5 Å². The molecule has 1 aromatic heterocycles. The van der Waals surface area contributed by atoms with Crippen LogP contribution in [-0.4, -0.2) is 29.8 Å². The molecular weight excluding hydrogens is 462 g/mol. The molecule has 0 saturated heterocycles. The fourth-order valence-electron chi connectivity index (χ4n) is 3.11. The fourth-order valence-corrected chi connectivity index (χ4v) is 3.11. The molecule has 1 heterocycles. The van der Waals surface area contributed by atoms with Crippen LogP contribution in [0.25, 0.3) is 0 Å². The fraction of sp³-hybridized carbons (Fsp3) is 0.192. The molecule has 186 valence electrons. The van der Waals surface area contributed by atoms with E-state index in [0.29, 0.717) is 11.4 Å². The van der Waals surface area contributed by atoms with E-state index in [1.165, 1.54) is 6.21 Å². The third kappa shape index (κ3) is 7.39. The second kappa shape index (κ2) is 12.1. The second-order valence-corrected chi connectivity index (χ2v) is 8.04. The van der Waals surface area contributed by atoms with E-state index in [9.17, 15) is 19.2 Å². The number of anilines is 1. The summed E-state index contributed by atoms with van der Waals surface area (Å²) in [6, 6.07) is 17.4. The topological polar surface area (TPSA) is 142 Å². The van der Waals surface area contributed by atoms with Crippen molar-refractivity contribution in [2.24, 2.45) is 5.10 Å². The lowest BCUT2D eigenvalue weighted by molar-refractivity contribution is -0.139. The Morgan fingerprint density at radius 1 is 0.889 bits per heavy atom. The Morgan fingerprint density at radius 3 is 2.36 bits per heavy atom. The molecule has 10 heteroatoms. The van der Waals surface area contributed by atoms with Gasteiger partial charge in [0.2, 0.25) is 0 Å². The summed E-state index contributed by atoms with van der Waals surface area (Å²) in [6.45, 7) is 5.60. The molecule has 2 aromatic carbocycles. The lowest BCUT2D eigenvalue weighted by Gasteiger charge is -2.13. The highest BCUT2D eigenvalue weighted by atomic mass is 16.3. The molecule has 10 nitrogen and oxygen atoms in total. The predicted octanol–water partition coefficient (Wildman–Crippen LogP) is 2.48. The van der Waals surface area contributed by atoms with Gasteiger partial charge >= 0.3 is 23.6 Å². The number of furan rings is 1. The van der Waals surface area contributed by atoms with Crippen LogP contribution < -0.4 is 21.4 Å². The highest BCUT2D eigenvalue weighted by molar-refractivity contribution is 6.39.